The lowest BCUT2D eigenvalue weighted by Crippen LogP contribution is -2.40. The van der Waals surface area contributed by atoms with Crippen LogP contribution in [-0.4, -0.2) is 23.5 Å². The molecule has 0 atom stereocenters. The van der Waals surface area contributed by atoms with Gasteiger partial charge in [0.15, 0.2) is 0 Å². The molecule has 1 amide bonds. The highest BCUT2D eigenvalue weighted by molar-refractivity contribution is 6.40. The van der Waals surface area contributed by atoms with Gasteiger partial charge in [-0.15, -0.1) is 0 Å². The van der Waals surface area contributed by atoms with Crippen LogP contribution in [0.2, 0.25) is 10.0 Å². The van der Waals surface area contributed by atoms with Crippen LogP contribution in [0.5, 0.6) is 0 Å². The molecular formula is C14H16Cl2N2O3. The SMILES string of the molecule is NCC1(C(=O)Nc2c(Cl)cc(C(=O)O)cc2Cl)CCCC1. The molecule has 0 saturated heterocycles. The standard InChI is InChI=1S/C14H16Cl2N2O3/c15-9-5-8(12(19)20)6-10(16)11(9)18-13(21)14(7-17)3-1-2-4-14/h5-6H,1-4,7,17H2,(H,18,21)(H,19,20). The lowest BCUT2D eigenvalue weighted by Gasteiger charge is -2.26. The normalized spacial score (nSPS) is 16.7. The van der Waals surface area contributed by atoms with Crippen molar-refractivity contribution in [3.8, 4) is 0 Å². The molecule has 1 aromatic rings. The fourth-order valence-corrected chi connectivity index (χ4v) is 3.22. The number of rotatable bonds is 4. The van der Waals surface area contributed by atoms with E-state index in [2.05, 4.69) is 5.32 Å². The highest BCUT2D eigenvalue weighted by atomic mass is 35.5. The Balaban J connectivity index is 2.27. The van der Waals surface area contributed by atoms with E-state index >= 15 is 0 Å². The number of benzene rings is 1. The zero-order valence-electron chi connectivity index (χ0n) is 11.3. The maximum atomic E-state index is 12.5. The monoisotopic (exact) mass is 330 g/mol. The van der Waals surface area contributed by atoms with E-state index in [1.807, 2.05) is 0 Å². The Morgan fingerprint density at radius 3 is 2.19 bits per heavy atom. The second-order valence-electron chi connectivity index (χ2n) is 5.27. The fraction of sp³-hybridized carbons (Fsp3) is 0.429. The van der Waals surface area contributed by atoms with Crippen LogP contribution in [0.4, 0.5) is 5.69 Å². The molecule has 2 rings (SSSR count). The average molecular weight is 331 g/mol. The third-order valence-electron chi connectivity index (χ3n) is 3.96. The fourth-order valence-electron chi connectivity index (χ4n) is 2.64. The van der Waals surface area contributed by atoms with Crippen LogP contribution in [0.25, 0.3) is 0 Å². The molecule has 1 aromatic carbocycles. The predicted molar refractivity (Wildman–Crippen MR) is 82.0 cm³/mol. The zero-order valence-corrected chi connectivity index (χ0v) is 12.8. The molecule has 0 radical (unpaired) electrons. The van der Waals surface area contributed by atoms with E-state index in [-0.39, 0.29) is 33.7 Å². The lowest BCUT2D eigenvalue weighted by molar-refractivity contribution is -0.124. The number of hydrogen-bond donors (Lipinski definition) is 3. The van der Waals surface area contributed by atoms with Crippen molar-refractivity contribution < 1.29 is 14.7 Å². The van der Waals surface area contributed by atoms with Crippen molar-refractivity contribution >= 4 is 40.8 Å². The van der Waals surface area contributed by atoms with Gasteiger partial charge in [-0.05, 0) is 25.0 Å². The largest absolute Gasteiger partial charge is 0.478 e. The molecule has 21 heavy (non-hydrogen) atoms. The average Bonchev–Trinajstić information content (AvgIpc) is 2.92. The van der Waals surface area contributed by atoms with Gasteiger partial charge >= 0.3 is 5.97 Å². The molecule has 0 heterocycles. The van der Waals surface area contributed by atoms with Gasteiger partial charge in [-0.1, -0.05) is 36.0 Å². The van der Waals surface area contributed by atoms with Gasteiger partial charge in [0.1, 0.15) is 0 Å². The minimum absolute atomic E-state index is 0.0302. The molecule has 1 fully saturated rings. The second-order valence-corrected chi connectivity index (χ2v) is 6.08. The summed E-state index contributed by atoms with van der Waals surface area (Å²) in [7, 11) is 0. The van der Waals surface area contributed by atoms with Crippen molar-refractivity contribution in [2.24, 2.45) is 11.1 Å². The van der Waals surface area contributed by atoms with Crippen molar-refractivity contribution in [1.29, 1.82) is 0 Å². The Morgan fingerprint density at radius 2 is 1.76 bits per heavy atom. The number of aromatic carboxylic acids is 1. The van der Waals surface area contributed by atoms with Crippen LogP contribution in [0.1, 0.15) is 36.0 Å². The number of carbonyl (C=O) groups excluding carboxylic acids is 1. The first-order valence-electron chi connectivity index (χ1n) is 6.63. The summed E-state index contributed by atoms with van der Waals surface area (Å²) in [6, 6.07) is 2.52. The highest BCUT2D eigenvalue weighted by Crippen LogP contribution is 2.40. The van der Waals surface area contributed by atoms with Crippen LogP contribution in [-0.2, 0) is 4.79 Å². The van der Waals surface area contributed by atoms with Crippen molar-refractivity contribution in [2.75, 3.05) is 11.9 Å². The number of carboxylic acid groups (broad SMARTS) is 1. The van der Waals surface area contributed by atoms with E-state index in [1.165, 1.54) is 12.1 Å². The Labute approximate surface area is 132 Å². The van der Waals surface area contributed by atoms with E-state index in [1.54, 1.807) is 0 Å². The predicted octanol–water partition coefficient (Wildman–Crippen LogP) is 3.15. The molecule has 1 aliphatic carbocycles. The summed E-state index contributed by atoms with van der Waals surface area (Å²) < 4.78 is 0. The third kappa shape index (κ3) is 3.15. The number of carbonyl (C=O) groups is 2. The number of anilines is 1. The summed E-state index contributed by atoms with van der Waals surface area (Å²) in [5, 5.41) is 11.8. The smallest absolute Gasteiger partial charge is 0.335 e. The van der Waals surface area contributed by atoms with Crippen LogP contribution >= 0.6 is 23.2 Å². The summed E-state index contributed by atoms with van der Waals surface area (Å²) in [6.45, 7) is 0.265. The first-order chi connectivity index (χ1) is 9.89. The number of carboxylic acids is 1. The molecule has 0 spiro atoms. The Kier molecular flexibility index (Phi) is 4.76. The van der Waals surface area contributed by atoms with Gasteiger partial charge in [0.05, 0.1) is 26.7 Å². The Bertz CT molecular complexity index is 561. The van der Waals surface area contributed by atoms with Gasteiger partial charge in [0.25, 0.3) is 0 Å². The van der Waals surface area contributed by atoms with Crippen molar-refractivity contribution in [1.82, 2.24) is 0 Å². The van der Waals surface area contributed by atoms with Gasteiger partial charge in [0, 0.05) is 6.54 Å². The number of nitrogens with one attached hydrogen (secondary N) is 1. The summed E-state index contributed by atoms with van der Waals surface area (Å²) in [5.41, 5.74) is 5.37. The van der Waals surface area contributed by atoms with Crippen LogP contribution < -0.4 is 11.1 Å². The first-order valence-corrected chi connectivity index (χ1v) is 7.39. The Hall–Kier alpha value is -1.30. The molecule has 1 saturated carbocycles. The van der Waals surface area contributed by atoms with E-state index in [0.717, 1.165) is 25.7 Å². The topological polar surface area (TPSA) is 92.4 Å². The van der Waals surface area contributed by atoms with Gasteiger partial charge in [-0.3, -0.25) is 4.79 Å². The molecule has 114 valence electrons. The Morgan fingerprint density at radius 1 is 1.24 bits per heavy atom. The summed E-state index contributed by atoms with van der Waals surface area (Å²) in [4.78, 5) is 23.4. The first kappa shape index (κ1) is 16.1. The maximum absolute atomic E-state index is 12.5. The maximum Gasteiger partial charge on any atom is 0.335 e. The molecule has 7 heteroatoms. The van der Waals surface area contributed by atoms with E-state index in [9.17, 15) is 9.59 Å². The summed E-state index contributed by atoms with van der Waals surface area (Å²) in [6.07, 6.45) is 3.39. The number of halogens is 2. The van der Waals surface area contributed by atoms with Gasteiger partial charge in [0.2, 0.25) is 5.91 Å². The van der Waals surface area contributed by atoms with Crippen molar-refractivity contribution in [2.45, 2.75) is 25.7 Å². The quantitative estimate of drug-likeness (QED) is 0.790. The van der Waals surface area contributed by atoms with E-state index in [0.29, 0.717) is 0 Å². The van der Waals surface area contributed by atoms with E-state index in [4.69, 9.17) is 34.0 Å². The van der Waals surface area contributed by atoms with Crippen LogP contribution in [0.3, 0.4) is 0 Å². The van der Waals surface area contributed by atoms with Gasteiger partial charge in [-0.2, -0.15) is 0 Å². The second kappa shape index (κ2) is 6.22. The van der Waals surface area contributed by atoms with Crippen LogP contribution in [0.15, 0.2) is 12.1 Å². The van der Waals surface area contributed by atoms with Gasteiger partial charge in [-0.25, -0.2) is 4.79 Å². The number of amides is 1. The summed E-state index contributed by atoms with van der Waals surface area (Å²) in [5.74, 6) is -1.35. The van der Waals surface area contributed by atoms with Crippen molar-refractivity contribution in [3.05, 3.63) is 27.7 Å². The molecule has 0 aromatic heterocycles. The molecule has 0 bridgehead atoms. The van der Waals surface area contributed by atoms with E-state index < -0.39 is 11.4 Å². The highest BCUT2D eigenvalue weighted by Gasteiger charge is 2.40. The molecule has 0 aliphatic heterocycles. The van der Waals surface area contributed by atoms with Crippen LogP contribution in [0, 0.1) is 5.41 Å². The molecule has 4 N–H and O–H groups in total. The minimum Gasteiger partial charge on any atom is -0.478 e. The third-order valence-corrected chi connectivity index (χ3v) is 4.56. The van der Waals surface area contributed by atoms with Gasteiger partial charge < -0.3 is 16.2 Å². The summed E-state index contributed by atoms with van der Waals surface area (Å²) >= 11 is 12.0. The number of nitrogens with two attached hydrogens (primary N) is 1. The molecule has 0 unspecified atom stereocenters. The van der Waals surface area contributed by atoms with Crippen molar-refractivity contribution in [3.63, 3.8) is 0 Å². The lowest BCUT2D eigenvalue weighted by atomic mass is 9.85. The number of hydrogen-bond acceptors (Lipinski definition) is 3. The minimum atomic E-state index is -1.13. The zero-order chi connectivity index (χ0) is 15.6. The molecule has 1 aliphatic rings. The molecule has 5 nitrogen and oxygen atoms in total. The molecular weight excluding hydrogens is 315 g/mol.